The van der Waals surface area contributed by atoms with Crippen molar-refractivity contribution < 1.29 is 80.2 Å². The average Bonchev–Trinajstić information content (AvgIpc) is 0.907. The zero-order valence-electron chi connectivity index (χ0n) is 68.2. The largest absolute Gasteiger partial charge is 0.472 e. The molecule has 17 nitrogen and oxygen atoms in total. The fourth-order valence-electron chi connectivity index (χ4n) is 13.3. The Labute approximate surface area is 638 Å². The molecule has 0 rings (SSSR count). The highest BCUT2D eigenvalue weighted by Crippen LogP contribution is 2.45. The Morgan fingerprint density at radius 3 is 0.683 bits per heavy atom. The third-order valence-electron chi connectivity index (χ3n) is 20.4. The fraction of sp³-hybridized carbons (Fsp3) is 0.953. The van der Waals surface area contributed by atoms with Crippen LogP contribution in [-0.2, 0) is 65.4 Å². The van der Waals surface area contributed by atoms with E-state index in [0.29, 0.717) is 25.7 Å². The zero-order valence-corrected chi connectivity index (χ0v) is 70.0. The number of ether oxygens (including phenoxy) is 4. The maximum absolute atomic E-state index is 13.1. The number of rotatable bonds is 85. The molecule has 0 aliphatic heterocycles. The van der Waals surface area contributed by atoms with Gasteiger partial charge in [-0.1, -0.05) is 407 Å². The molecule has 0 aromatic heterocycles. The molecule has 104 heavy (non-hydrogen) atoms. The molecule has 3 N–H and O–H groups in total. The smallest absolute Gasteiger partial charge is 0.462 e. The summed E-state index contributed by atoms with van der Waals surface area (Å²) in [6, 6.07) is 0. The standard InChI is InChI=1S/C85H166O17P2/c1-6-10-13-16-19-22-25-28-30-31-32-33-35-41-46-51-56-61-66-71-85(90)102-81(75-96-83(88)69-64-59-54-49-44-39-37-36-38-42-47-52-57-62-67-78(5)9-4)77-100-104(93,94)98-73-79(86)72-97-103(91,92)99-76-80(74-95-82(87)68-63-58-53-48-43-27-24-21-18-15-12-8-3)101-84(89)70-65-60-55-50-45-40-34-29-26-23-20-17-14-11-7-2/h78-81,86H,6-77H2,1-5H3,(H,91,92)(H,93,94)/t78?,79-,80+,81+/m0/s1. The summed E-state index contributed by atoms with van der Waals surface area (Å²) in [5.41, 5.74) is 0. The second-order valence-corrected chi connectivity index (χ2v) is 33.7. The number of hydrogen-bond acceptors (Lipinski definition) is 15. The number of hydrogen-bond donors (Lipinski definition) is 3. The van der Waals surface area contributed by atoms with E-state index in [-0.39, 0.29) is 25.7 Å². The number of carbonyl (C=O) groups is 4. The van der Waals surface area contributed by atoms with Crippen molar-refractivity contribution in [3.8, 4) is 0 Å². The summed E-state index contributed by atoms with van der Waals surface area (Å²) in [5, 5.41) is 10.7. The predicted octanol–water partition coefficient (Wildman–Crippen LogP) is 26.0. The number of aliphatic hydroxyl groups is 1. The van der Waals surface area contributed by atoms with Gasteiger partial charge in [-0.25, -0.2) is 9.13 Å². The van der Waals surface area contributed by atoms with E-state index in [0.717, 1.165) is 95.8 Å². The normalized spacial score (nSPS) is 14.0. The van der Waals surface area contributed by atoms with Gasteiger partial charge < -0.3 is 33.8 Å². The van der Waals surface area contributed by atoms with E-state index >= 15 is 0 Å². The molecule has 0 bridgehead atoms. The Morgan fingerprint density at radius 1 is 0.269 bits per heavy atom. The van der Waals surface area contributed by atoms with Crippen LogP contribution in [0.2, 0.25) is 0 Å². The van der Waals surface area contributed by atoms with Crippen molar-refractivity contribution in [2.75, 3.05) is 39.6 Å². The first-order valence-corrected chi connectivity index (χ1v) is 47.2. The third-order valence-corrected chi connectivity index (χ3v) is 22.3. The highest BCUT2D eigenvalue weighted by atomic mass is 31.2. The molecular weight excluding hydrogens is 1350 g/mol. The lowest BCUT2D eigenvalue weighted by Crippen LogP contribution is -2.30. The van der Waals surface area contributed by atoms with Crippen LogP contribution in [-0.4, -0.2) is 96.7 Å². The first-order chi connectivity index (χ1) is 50.6. The van der Waals surface area contributed by atoms with Gasteiger partial charge in [-0.05, 0) is 31.6 Å². The summed E-state index contributed by atoms with van der Waals surface area (Å²) >= 11 is 0. The number of phosphoric ester groups is 2. The van der Waals surface area contributed by atoms with Crippen LogP contribution in [0, 0.1) is 5.92 Å². The van der Waals surface area contributed by atoms with E-state index in [1.165, 1.54) is 283 Å². The van der Waals surface area contributed by atoms with Crippen LogP contribution in [0.5, 0.6) is 0 Å². The van der Waals surface area contributed by atoms with E-state index in [1.54, 1.807) is 0 Å². The number of unbranched alkanes of at least 4 members (excludes halogenated alkanes) is 56. The minimum Gasteiger partial charge on any atom is -0.462 e. The van der Waals surface area contributed by atoms with Crippen molar-refractivity contribution in [1.82, 2.24) is 0 Å². The maximum Gasteiger partial charge on any atom is 0.472 e. The molecule has 0 heterocycles. The van der Waals surface area contributed by atoms with E-state index < -0.39 is 97.5 Å². The molecule has 0 aromatic rings. The van der Waals surface area contributed by atoms with Gasteiger partial charge in [-0.2, -0.15) is 0 Å². The van der Waals surface area contributed by atoms with Crippen LogP contribution >= 0.6 is 15.6 Å². The summed E-state index contributed by atoms with van der Waals surface area (Å²) in [5.74, 6) is -1.25. The number of aliphatic hydroxyl groups excluding tert-OH is 1. The lowest BCUT2D eigenvalue weighted by Gasteiger charge is -2.21. The molecule has 0 aliphatic rings. The van der Waals surface area contributed by atoms with Gasteiger partial charge in [0, 0.05) is 25.7 Å². The Bertz CT molecular complexity index is 1980. The second kappa shape index (κ2) is 77.8. The van der Waals surface area contributed by atoms with Gasteiger partial charge in [-0.3, -0.25) is 37.3 Å². The minimum atomic E-state index is -4.96. The molecule has 6 atom stereocenters. The molecular formula is C85H166O17P2. The third kappa shape index (κ3) is 76.8. The summed E-state index contributed by atoms with van der Waals surface area (Å²) in [7, 11) is -9.93. The van der Waals surface area contributed by atoms with Crippen LogP contribution in [0.1, 0.15) is 458 Å². The van der Waals surface area contributed by atoms with Crippen molar-refractivity contribution in [2.45, 2.75) is 477 Å². The molecule has 3 unspecified atom stereocenters. The van der Waals surface area contributed by atoms with Crippen molar-refractivity contribution >= 4 is 39.5 Å². The molecule has 0 amide bonds. The van der Waals surface area contributed by atoms with Gasteiger partial charge in [0.2, 0.25) is 0 Å². The summed E-state index contributed by atoms with van der Waals surface area (Å²) < 4.78 is 68.9. The Balaban J connectivity index is 5.26. The Morgan fingerprint density at radius 2 is 0.462 bits per heavy atom. The van der Waals surface area contributed by atoms with Crippen LogP contribution in [0.4, 0.5) is 0 Å². The minimum absolute atomic E-state index is 0.109. The molecule has 0 saturated heterocycles. The first kappa shape index (κ1) is 102. The number of esters is 4. The topological polar surface area (TPSA) is 237 Å². The van der Waals surface area contributed by atoms with Crippen LogP contribution in [0.25, 0.3) is 0 Å². The predicted molar refractivity (Wildman–Crippen MR) is 428 cm³/mol. The summed E-state index contributed by atoms with van der Waals surface area (Å²) in [6.45, 7) is 7.42. The maximum atomic E-state index is 13.1. The Hall–Kier alpha value is -1.94. The molecule has 0 aromatic carbocycles. The molecule has 19 heteroatoms. The lowest BCUT2D eigenvalue weighted by molar-refractivity contribution is -0.161. The molecule has 0 saturated carbocycles. The fourth-order valence-corrected chi connectivity index (χ4v) is 14.8. The molecule has 618 valence electrons. The van der Waals surface area contributed by atoms with E-state index in [2.05, 4.69) is 34.6 Å². The molecule has 0 spiro atoms. The zero-order chi connectivity index (χ0) is 76.2. The number of carbonyl (C=O) groups excluding carboxylic acids is 4. The highest BCUT2D eigenvalue weighted by molar-refractivity contribution is 7.47. The van der Waals surface area contributed by atoms with Gasteiger partial charge in [0.25, 0.3) is 0 Å². The molecule has 0 fully saturated rings. The van der Waals surface area contributed by atoms with Crippen molar-refractivity contribution in [3.63, 3.8) is 0 Å². The average molecular weight is 1520 g/mol. The summed E-state index contributed by atoms with van der Waals surface area (Å²) in [4.78, 5) is 73.2. The molecule has 0 radical (unpaired) electrons. The molecule has 0 aliphatic carbocycles. The lowest BCUT2D eigenvalue weighted by atomic mass is 9.99. The van der Waals surface area contributed by atoms with E-state index in [1.807, 2.05) is 0 Å². The van der Waals surface area contributed by atoms with Gasteiger partial charge in [-0.15, -0.1) is 0 Å². The second-order valence-electron chi connectivity index (χ2n) is 30.8. The summed E-state index contributed by atoms with van der Waals surface area (Å²) in [6.07, 6.45) is 70.6. The van der Waals surface area contributed by atoms with Gasteiger partial charge in [0.1, 0.15) is 19.3 Å². The monoisotopic (exact) mass is 1520 g/mol. The van der Waals surface area contributed by atoms with E-state index in [9.17, 15) is 43.2 Å². The Kier molecular flexibility index (Phi) is 76.3. The van der Waals surface area contributed by atoms with Crippen molar-refractivity contribution in [1.29, 1.82) is 0 Å². The first-order valence-electron chi connectivity index (χ1n) is 44.2. The SMILES string of the molecule is CCCCCCCCCCCCCCCCCCCCCC(=O)O[C@H](COC(=O)CCCCCCCCCCCCCCCCC(C)CC)COP(=O)(O)OC[C@@H](O)COP(=O)(O)OC[C@@H](COC(=O)CCCCCCCCCCCCCC)OC(=O)CCCCCCCCCCCCCCCCC. The van der Waals surface area contributed by atoms with Crippen LogP contribution < -0.4 is 0 Å². The van der Waals surface area contributed by atoms with Crippen molar-refractivity contribution in [2.24, 2.45) is 5.92 Å². The van der Waals surface area contributed by atoms with Crippen LogP contribution in [0.15, 0.2) is 0 Å². The number of phosphoric acid groups is 2. The highest BCUT2D eigenvalue weighted by Gasteiger charge is 2.30. The van der Waals surface area contributed by atoms with E-state index in [4.69, 9.17) is 37.0 Å². The van der Waals surface area contributed by atoms with Crippen molar-refractivity contribution in [3.05, 3.63) is 0 Å². The quantitative estimate of drug-likeness (QED) is 0.0222. The van der Waals surface area contributed by atoms with Gasteiger partial charge in [0.05, 0.1) is 26.4 Å². The van der Waals surface area contributed by atoms with Gasteiger partial charge >= 0.3 is 39.5 Å². The van der Waals surface area contributed by atoms with Gasteiger partial charge in [0.15, 0.2) is 12.2 Å². The van der Waals surface area contributed by atoms with Crippen LogP contribution in [0.3, 0.4) is 0 Å².